The van der Waals surface area contributed by atoms with Gasteiger partial charge in [0.2, 0.25) is 0 Å². The number of rotatable bonds is 5. The Labute approximate surface area is 168 Å². The zero-order valence-corrected chi connectivity index (χ0v) is 15.7. The molecule has 3 rings (SSSR count). The number of para-hydroxylation sites is 2. The molecule has 3 aromatic carbocycles. The minimum Gasteiger partial charge on any atom is -0.495 e. The maximum Gasteiger partial charge on any atom is 0.416 e. The third-order valence-electron chi connectivity index (χ3n) is 3.95. The molecule has 0 heterocycles. The average Bonchev–Trinajstić information content (AvgIpc) is 2.66. The van der Waals surface area contributed by atoms with Gasteiger partial charge in [-0.2, -0.15) is 13.2 Å². The van der Waals surface area contributed by atoms with Gasteiger partial charge in [-0.1, -0.05) is 23.7 Å². The summed E-state index contributed by atoms with van der Waals surface area (Å²) in [6.45, 7) is 0. The van der Waals surface area contributed by atoms with Crippen molar-refractivity contribution in [1.82, 2.24) is 0 Å². The number of halogens is 5. The minimum absolute atomic E-state index is 0.122. The molecule has 4 nitrogen and oxygen atoms in total. The number of hydrogen-bond donors (Lipinski definition) is 2. The fourth-order valence-electron chi connectivity index (χ4n) is 2.54. The number of alkyl halides is 3. The maximum atomic E-state index is 14.2. The molecule has 0 spiro atoms. The Hall–Kier alpha value is -3.13. The van der Waals surface area contributed by atoms with Gasteiger partial charge in [0.15, 0.2) is 11.6 Å². The molecule has 0 saturated heterocycles. The van der Waals surface area contributed by atoms with Crippen LogP contribution in [-0.4, -0.2) is 7.11 Å². The predicted molar refractivity (Wildman–Crippen MR) is 104 cm³/mol. The fourth-order valence-corrected chi connectivity index (χ4v) is 2.79. The van der Waals surface area contributed by atoms with Crippen molar-refractivity contribution in [2.75, 3.05) is 18.2 Å². The number of anilines is 3. The molecule has 0 aliphatic carbocycles. The Kier molecular flexibility index (Phi) is 5.74. The van der Waals surface area contributed by atoms with Crippen molar-refractivity contribution in [3.63, 3.8) is 0 Å². The van der Waals surface area contributed by atoms with Crippen LogP contribution in [-0.2, 0) is 6.18 Å². The van der Waals surface area contributed by atoms with Crippen LogP contribution in [0, 0.1) is 5.82 Å². The number of benzene rings is 3. The third-order valence-corrected chi connectivity index (χ3v) is 4.23. The van der Waals surface area contributed by atoms with E-state index in [-0.39, 0.29) is 5.75 Å². The molecule has 0 aliphatic rings. The largest absolute Gasteiger partial charge is 0.495 e. The Morgan fingerprint density at radius 3 is 2.38 bits per heavy atom. The average molecular weight is 427 g/mol. The van der Waals surface area contributed by atoms with E-state index < -0.39 is 28.3 Å². The molecule has 152 valence electrons. The Bertz CT molecular complexity index is 1020. The molecule has 0 radical (unpaired) electrons. The van der Waals surface area contributed by atoms with Gasteiger partial charge in [0.25, 0.3) is 0 Å². The Morgan fingerprint density at radius 1 is 1.00 bits per heavy atom. The van der Waals surface area contributed by atoms with Crippen molar-refractivity contribution < 1.29 is 27.0 Å². The zero-order valence-electron chi connectivity index (χ0n) is 15.0. The highest BCUT2D eigenvalue weighted by Gasteiger charge is 2.32. The first kappa shape index (κ1) is 20.6. The van der Waals surface area contributed by atoms with E-state index in [4.69, 9.17) is 26.8 Å². The highest BCUT2D eigenvalue weighted by Crippen LogP contribution is 2.40. The van der Waals surface area contributed by atoms with Gasteiger partial charge in [-0.15, -0.1) is 0 Å². The molecular weight excluding hydrogens is 412 g/mol. The molecule has 0 bridgehead atoms. The first-order chi connectivity index (χ1) is 13.7. The standard InChI is InChI=1S/C20H15ClF4N2O2/c1-28-18-5-3-2-4-16(18)27-17-10-12(6-7-15(17)26)29-19-13(21)8-11(9-14(19)22)20(23,24)25/h2-10,27H,26H2,1H3. The number of ether oxygens (including phenoxy) is 2. The fraction of sp³-hybridized carbons (Fsp3) is 0.100. The quantitative estimate of drug-likeness (QED) is 0.355. The summed E-state index contributed by atoms with van der Waals surface area (Å²) in [7, 11) is 1.51. The van der Waals surface area contributed by atoms with Crippen LogP contribution in [0.3, 0.4) is 0 Å². The summed E-state index contributed by atoms with van der Waals surface area (Å²) >= 11 is 5.81. The lowest BCUT2D eigenvalue weighted by molar-refractivity contribution is -0.137. The van der Waals surface area contributed by atoms with Gasteiger partial charge in [-0.3, -0.25) is 0 Å². The number of hydrogen-bond acceptors (Lipinski definition) is 4. The highest BCUT2D eigenvalue weighted by molar-refractivity contribution is 6.32. The number of nitrogens with one attached hydrogen (secondary N) is 1. The molecule has 0 atom stereocenters. The van der Waals surface area contributed by atoms with Crippen LogP contribution >= 0.6 is 11.6 Å². The van der Waals surface area contributed by atoms with E-state index in [1.807, 2.05) is 0 Å². The van der Waals surface area contributed by atoms with Crippen LogP contribution in [0.15, 0.2) is 54.6 Å². The van der Waals surface area contributed by atoms with Gasteiger partial charge < -0.3 is 20.5 Å². The summed E-state index contributed by atoms with van der Waals surface area (Å²) in [5, 5.41) is 2.56. The summed E-state index contributed by atoms with van der Waals surface area (Å²) in [6, 6.07) is 12.4. The summed E-state index contributed by atoms with van der Waals surface area (Å²) in [6.07, 6.45) is -4.73. The van der Waals surface area contributed by atoms with Crippen LogP contribution in [0.2, 0.25) is 5.02 Å². The third kappa shape index (κ3) is 4.65. The topological polar surface area (TPSA) is 56.5 Å². The molecular formula is C20H15ClF4N2O2. The number of methoxy groups -OCH3 is 1. The van der Waals surface area contributed by atoms with E-state index in [1.54, 1.807) is 24.3 Å². The summed E-state index contributed by atoms with van der Waals surface area (Å²) in [5.41, 5.74) is 6.17. The molecule has 29 heavy (non-hydrogen) atoms. The monoisotopic (exact) mass is 426 g/mol. The second kappa shape index (κ2) is 8.08. The van der Waals surface area contributed by atoms with Gasteiger partial charge in [0.05, 0.1) is 34.8 Å². The highest BCUT2D eigenvalue weighted by atomic mass is 35.5. The maximum absolute atomic E-state index is 14.2. The molecule has 0 fully saturated rings. The van der Waals surface area contributed by atoms with Crippen molar-refractivity contribution in [2.24, 2.45) is 0 Å². The summed E-state index contributed by atoms with van der Waals surface area (Å²) in [5.74, 6) is -1.07. The SMILES string of the molecule is COc1ccccc1Nc1cc(Oc2c(F)cc(C(F)(F)F)cc2Cl)ccc1N. The van der Waals surface area contributed by atoms with Crippen LogP contribution < -0.4 is 20.5 Å². The number of nitrogens with two attached hydrogens (primary N) is 1. The molecule has 0 amide bonds. The molecule has 3 aromatic rings. The van der Waals surface area contributed by atoms with Crippen LogP contribution in [0.4, 0.5) is 34.6 Å². The van der Waals surface area contributed by atoms with Crippen LogP contribution in [0.1, 0.15) is 5.56 Å². The van der Waals surface area contributed by atoms with Gasteiger partial charge in [-0.05, 0) is 36.4 Å². The minimum atomic E-state index is -4.73. The first-order valence-electron chi connectivity index (χ1n) is 8.22. The molecule has 0 aromatic heterocycles. The molecule has 0 unspecified atom stereocenters. The summed E-state index contributed by atoms with van der Waals surface area (Å²) < 4.78 is 63.2. The van der Waals surface area contributed by atoms with Crippen LogP contribution in [0.25, 0.3) is 0 Å². The van der Waals surface area contributed by atoms with Crippen LogP contribution in [0.5, 0.6) is 17.2 Å². The smallest absolute Gasteiger partial charge is 0.416 e. The van der Waals surface area contributed by atoms with Crippen molar-refractivity contribution in [2.45, 2.75) is 6.18 Å². The van der Waals surface area contributed by atoms with E-state index in [0.717, 1.165) is 0 Å². The second-order valence-corrected chi connectivity index (χ2v) is 6.35. The first-order valence-corrected chi connectivity index (χ1v) is 8.60. The van der Waals surface area contributed by atoms with Crippen molar-refractivity contribution >= 4 is 28.7 Å². The van der Waals surface area contributed by atoms with E-state index >= 15 is 0 Å². The molecule has 0 aliphatic heterocycles. The van der Waals surface area contributed by atoms with Gasteiger partial charge in [0, 0.05) is 6.07 Å². The number of nitrogen functional groups attached to an aromatic ring is 1. The normalized spacial score (nSPS) is 11.2. The lowest BCUT2D eigenvalue weighted by Crippen LogP contribution is -2.06. The van der Waals surface area contributed by atoms with Crippen molar-refractivity contribution in [3.8, 4) is 17.2 Å². The summed E-state index contributed by atoms with van der Waals surface area (Å²) in [4.78, 5) is 0. The predicted octanol–water partition coefficient (Wildman–Crippen LogP) is 6.62. The van der Waals surface area contributed by atoms with Gasteiger partial charge >= 0.3 is 6.18 Å². The Balaban J connectivity index is 1.91. The van der Waals surface area contributed by atoms with Crippen molar-refractivity contribution in [3.05, 3.63) is 71.0 Å². The molecule has 0 saturated carbocycles. The van der Waals surface area contributed by atoms with Gasteiger partial charge in [0.1, 0.15) is 11.5 Å². The molecule has 3 N–H and O–H groups in total. The second-order valence-electron chi connectivity index (χ2n) is 5.94. The van der Waals surface area contributed by atoms with Gasteiger partial charge in [-0.25, -0.2) is 4.39 Å². The van der Waals surface area contributed by atoms with Crippen molar-refractivity contribution in [1.29, 1.82) is 0 Å². The van der Waals surface area contributed by atoms with E-state index in [9.17, 15) is 17.6 Å². The lowest BCUT2D eigenvalue weighted by Gasteiger charge is -2.15. The van der Waals surface area contributed by atoms with E-state index in [2.05, 4.69) is 5.32 Å². The molecule has 9 heteroatoms. The van der Waals surface area contributed by atoms with E-state index in [1.165, 1.54) is 25.3 Å². The van der Waals surface area contributed by atoms with E-state index in [0.29, 0.717) is 34.9 Å². The zero-order chi connectivity index (χ0) is 21.2. The lowest BCUT2D eigenvalue weighted by atomic mass is 10.2. The Morgan fingerprint density at radius 2 is 1.72 bits per heavy atom.